The molecule has 1 atom stereocenters. The molecule has 0 spiro atoms. The molecule has 3 N–H and O–H groups in total. The summed E-state index contributed by atoms with van der Waals surface area (Å²) in [6.07, 6.45) is -1.45. The zero-order chi connectivity index (χ0) is 12.3. The lowest BCUT2D eigenvalue weighted by molar-refractivity contribution is -0.161. The highest BCUT2D eigenvalue weighted by Crippen LogP contribution is 2.29. The number of hydrogen-bond acceptors (Lipinski definition) is 4. The zero-order valence-corrected chi connectivity index (χ0v) is 10.2. The molecule has 5 nitrogen and oxygen atoms in total. The van der Waals surface area contributed by atoms with E-state index in [1.807, 2.05) is 0 Å². The Bertz CT molecular complexity index is 394. The molecule has 0 saturated heterocycles. The quantitative estimate of drug-likeness (QED) is 0.581. The Hall–Kier alpha value is -1.11. The Morgan fingerprint density at radius 2 is 2.19 bits per heavy atom. The monoisotopic (exact) mass is 289 g/mol. The minimum absolute atomic E-state index is 0.0934. The van der Waals surface area contributed by atoms with E-state index in [0.717, 1.165) is 0 Å². The first kappa shape index (κ1) is 13.0. The highest BCUT2D eigenvalue weighted by molar-refractivity contribution is 9.10. The average Bonchev–Trinajstić information content (AvgIpc) is 2.21. The molecule has 0 fully saturated rings. The van der Waals surface area contributed by atoms with Crippen molar-refractivity contribution in [2.45, 2.75) is 12.5 Å². The van der Waals surface area contributed by atoms with E-state index in [2.05, 4.69) is 15.9 Å². The van der Waals surface area contributed by atoms with E-state index >= 15 is 0 Å². The van der Waals surface area contributed by atoms with Gasteiger partial charge in [-0.05, 0) is 18.2 Å². The number of phenolic OH excluding ortho intramolecular Hbond substituents is 1. The largest absolute Gasteiger partial charge is 0.508 e. The molecule has 0 aliphatic rings. The molecule has 0 aliphatic heterocycles. The standard InChI is InChI=1S/C10H12BrNO4/c1-12(16)10(15)5-9(14)7-4-6(11)2-3-8(7)13/h2-4,9,13-14,16H,5H2,1H3. The van der Waals surface area contributed by atoms with Crippen LogP contribution in [-0.2, 0) is 4.79 Å². The van der Waals surface area contributed by atoms with E-state index in [1.165, 1.54) is 19.2 Å². The molecule has 0 aromatic heterocycles. The fourth-order valence-corrected chi connectivity index (χ4v) is 1.58. The third-order valence-electron chi connectivity index (χ3n) is 2.08. The van der Waals surface area contributed by atoms with Crippen LogP contribution in [0.1, 0.15) is 18.1 Å². The maximum absolute atomic E-state index is 11.1. The van der Waals surface area contributed by atoms with Crippen molar-refractivity contribution in [3.05, 3.63) is 28.2 Å². The molecular formula is C10H12BrNO4. The molecule has 16 heavy (non-hydrogen) atoms. The summed E-state index contributed by atoms with van der Waals surface area (Å²) in [5.74, 6) is -0.726. The van der Waals surface area contributed by atoms with E-state index < -0.39 is 12.0 Å². The van der Waals surface area contributed by atoms with E-state index in [1.54, 1.807) is 6.07 Å². The van der Waals surface area contributed by atoms with Gasteiger partial charge in [-0.15, -0.1) is 0 Å². The number of hydroxylamine groups is 2. The summed E-state index contributed by atoms with van der Waals surface area (Å²) in [5.41, 5.74) is 0.240. The number of nitrogens with zero attached hydrogens (tertiary/aromatic N) is 1. The predicted molar refractivity (Wildman–Crippen MR) is 59.9 cm³/mol. The minimum atomic E-state index is -1.15. The lowest BCUT2D eigenvalue weighted by atomic mass is 10.1. The van der Waals surface area contributed by atoms with Gasteiger partial charge >= 0.3 is 0 Å². The van der Waals surface area contributed by atoms with Crippen LogP contribution in [0.4, 0.5) is 0 Å². The molecule has 1 amide bonds. The van der Waals surface area contributed by atoms with Gasteiger partial charge in [0.15, 0.2) is 0 Å². The SMILES string of the molecule is CN(O)C(=O)CC(O)c1cc(Br)ccc1O. The summed E-state index contributed by atoms with van der Waals surface area (Å²) >= 11 is 3.19. The molecule has 0 saturated carbocycles. The Morgan fingerprint density at radius 1 is 1.56 bits per heavy atom. The number of benzene rings is 1. The third-order valence-corrected chi connectivity index (χ3v) is 2.57. The third kappa shape index (κ3) is 3.19. The van der Waals surface area contributed by atoms with Crippen molar-refractivity contribution < 1.29 is 20.2 Å². The van der Waals surface area contributed by atoms with Gasteiger partial charge in [0.1, 0.15) is 5.75 Å². The van der Waals surface area contributed by atoms with Crippen LogP contribution >= 0.6 is 15.9 Å². The van der Waals surface area contributed by atoms with Gasteiger partial charge in [0.25, 0.3) is 0 Å². The highest BCUT2D eigenvalue weighted by Gasteiger charge is 2.18. The van der Waals surface area contributed by atoms with Gasteiger partial charge in [0.2, 0.25) is 5.91 Å². The molecule has 1 aromatic carbocycles. The van der Waals surface area contributed by atoms with Gasteiger partial charge in [-0.25, -0.2) is 5.06 Å². The maximum atomic E-state index is 11.1. The van der Waals surface area contributed by atoms with Gasteiger partial charge in [0, 0.05) is 17.1 Å². The normalized spacial score (nSPS) is 12.2. The van der Waals surface area contributed by atoms with Crippen LogP contribution in [0.15, 0.2) is 22.7 Å². The maximum Gasteiger partial charge on any atom is 0.248 e. The van der Waals surface area contributed by atoms with Crippen molar-refractivity contribution in [3.63, 3.8) is 0 Å². The van der Waals surface area contributed by atoms with Crippen molar-refractivity contribution in [2.75, 3.05) is 7.05 Å². The first-order chi connectivity index (χ1) is 7.41. The van der Waals surface area contributed by atoms with E-state index in [9.17, 15) is 15.0 Å². The fraction of sp³-hybridized carbons (Fsp3) is 0.300. The number of carbonyl (C=O) groups is 1. The Labute approximate surface area is 101 Å². The van der Waals surface area contributed by atoms with E-state index in [4.69, 9.17) is 5.21 Å². The number of phenols is 1. The van der Waals surface area contributed by atoms with Crippen LogP contribution in [0.2, 0.25) is 0 Å². The number of carbonyl (C=O) groups excluding carboxylic acids is 1. The molecule has 1 rings (SSSR count). The van der Waals surface area contributed by atoms with Crippen molar-refractivity contribution in [3.8, 4) is 5.75 Å². The number of aliphatic hydroxyl groups is 1. The van der Waals surface area contributed by atoms with Crippen molar-refractivity contribution in [2.24, 2.45) is 0 Å². The van der Waals surface area contributed by atoms with Crippen LogP contribution in [0.5, 0.6) is 5.75 Å². The number of aromatic hydroxyl groups is 1. The van der Waals surface area contributed by atoms with Crippen LogP contribution in [0.3, 0.4) is 0 Å². The van der Waals surface area contributed by atoms with Gasteiger partial charge in [-0.2, -0.15) is 0 Å². The number of amides is 1. The first-order valence-corrected chi connectivity index (χ1v) is 5.33. The fourth-order valence-electron chi connectivity index (χ4n) is 1.20. The molecule has 6 heteroatoms. The second-order valence-corrected chi connectivity index (χ2v) is 4.26. The summed E-state index contributed by atoms with van der Waals surface area (Å²) in [6, 6.07) is 4.55. The Morgan fingerprint density at radius 3 is 2.75 bits per heavy atom. The average molecular weight is 290 g/mol. The predicted octanol–water partition coefficient (Wildman–Crippen LogP) is 1.43. The molecule has 0 heterocycles. The summed E-state index contributed by atoms with van der Waals surface area (Å²) in [5, 5.41) is 28.4. The topological polar surface area (TPSA) is 81.0 Å². The number of hydrogen-bond donors (Lipinski definition) is 3. The van der Waals surface area contributed by atoms with Crippen molar-refractivity contribution in [1.82, 2.24) is 5.06 Å². The van der Waals surface area contributed by atoms with Crippen molar-refractivity contribution >= 4 is 21.8 Å². The summed E-state index contributed by atoms with van der Waals surface area (Å²) < 4.78 is 0.684. The second kappa shape index (κ2) is 5.29. The van der Waals surface area contributed by atoms with Crippen LogP contribution in [-0.4, -0.2) is 33.4 Å². The van der Waals surface area contributed by atoms with Crippen LogP contribution in [0.25, 0.3) is 0 Å². The lowest BCUT2D eigenvalue weighted by Gasteiger charge is -2.14. The summed E-state index contributed by atoms with van der Waals surface area (Å²) in [6.45, 7) is 0. The van der Waals surface area contributed by atoms with E-state index in [0.29, 0.717) is 9.54 Å². The minimum Gasteiger partial charge on any atom is -0.508 e. The Balaban J connectivity index is 2.84. The van der Waals surface area contributed by atoms with Gasteiger partial charge in [-0.1, -0.05) is 15.9 Å². The molecule has 0 aliphatic carbocycles. The molecule has 1 unspecified atom stereocenters. The number of halogens is 1. The zero-order valence-electron chi connectivity index (χ0n) is 8.59. The number of aliphatic hydroxyl groups excluding tert-OH is 1. The van der Waals surface area contributed by atoms with Gasteiger partial charge in [-0.3, -0.25) is 10.0 Å². The molecule has 0 radical (unpaired) electrons. The van der Waals surface area contributed by atoms with Gasteiger partial charge in [0.05, 0.1) is 12.5 Å². The second-order valence-electron chi connectivity index (χ2n) is 3.34. The highest BCUT2D eigenvalue weighted by atomic mass is 79.9. The van der Waals surface area contributed by atoms with E-state index in [-0.39, 0.29) is 17.7 Å². The van der Waals surface area contributed by atoms with Gasteiger partial charge < -0.3 is 10.2 Å². The van der Waals surface area contributed by atoms with Crippen molar-refractivity contribution in [1.29, 1.82) is 0 Å². The Kier molecular flexibility index (Phi) is 4.28. The molecule has 88 valence electrons. The number of rotatable bonds is 3. The van der Waals surface area contributed by atoms with Crippen LogP contribution < -0.4 is 0 Å². The van der Waals surface area contributed by atoms with Crippen LogP contribution in [0, 0.1) is 0 Å². The first-order valence-electron chi connectivity index (χ1n) is 4.53. The summed E-state index contributed by atoms with van der Waals surface area (Å²) in [7, 11) is 1.18. The molecule has 0 bridgehead atoms. The molecular weight excluding hydrogens is 278 g/mol. The lowest BCUT2D eigenvalue weighted by Crippen LogP contribution is -2.24. The summed E-state index contributed by atoms with van der Waals surface area (Å²) in [4.78, 5) is 11.1. The molecule has 1 aromatic rings. The smallest absolute Gasteiger partial charge is 0.248 e.